The summed E-state index contributed by atoms with van der Waals surface area (Å²) in [6.45, 7) is 0. The lowest BCUT2D eigenvalue weighted by Crippen LogP contribution is -2.28. The topological polar surface area (TPSA) is 30.0 Å². The minimum atomic E-state index is -5.48. The van der Waals surface area contributed by atoms with E-state index in [1.165, 1.54) is 48.5 Å². The molecule has 0 atom stereocenters. The summed E-state index contributed by atoms with van der Waals surface area (Å²) >= 11 is 0. The van der Waals surface area contributed by atoms with Gasteiger partial charge in [0.2, 0.25) is 0 Å². The van der Waals surface area contributed by atoms with Crippen LogP contribution in [-0.2, 0) is 6.18 Å². The molecule has 134 valence electrons. The Bertz CT molecular complexity index is 977. The fourth-order valence-corrected chi connectivity index (χ4v) is 2.68. The quantitative estimate of drug-likeness (QED) is 0.431. The average Bonchev–Trinajstić information content (AvgIpc) is 2.58. The maximum absolute atomic E-state index is 13.4. The van der Waals surface area contributed by atoms with E-state index in [2.05, 4.69) is 4.98 Å². The molecule has 0 unspecified atom stereocenters. The van der Waals surface area contributed by atoms with Crippen LogP contribution in [0.2, 0.25) is 0 Å². The van der Waals surface area contributed by atoms with Crippen LogP contribution in [0.4, 0.5) is 26.3 Å². The van der Waals surface area contributed by atoms with Crippen molar-refractivity contribution >= 4 is 16.7 Å². The SMILES string of the molecule is O=C(c1c(C(F)(F)F)nc2ccccc2c1-c1ccccc1)C(F)(F)F. The highest BCUT2D eigenvalue weighted by atomic mass is 19.4. The number of rotatable bonds is 2. The molecule has 0 saturated heterocycles. The number of fused-ring (bicyclic) bond motifs is 1. The van der Waals surface area contributed by atoms with Gasteiger partial charge in [-0.1, -0.05) is 48.5 Å². The number of alkyl halides is 6. The third-order valence-corrected chi connectivity index (χ3v) is 3.71. The largest absolute Gasteiger partial charge is 0.454 e. The molecule has 0 amide bonds. The molecule has 1 heterocycles. The monoisotopic (exact) mass is 369 g/mol. The molecule has 0 saturated carbocycles. The van der Waals surface area contributed by atoms with Crippen LogP contribution in [0.25, 0.3) is 22.0 Å². The van der Waals surface area contributed by atoms with Gasteiger partial charge >= 0.3 is 12.4 Å². The molecule has 0 spiro atoms. The first kappa shape index (κ1) is 17.9. The number of para-hydroxylation sites is 1. The molecule has 26 heavy (non-hydrogen) atoms. The summed E-state index contributed by atoms with van der Waals surface area (Å²) in [7, 11) is 0. The molecular formula is C18H9F6NO. The van der Waals surface area contributed by atoms with Crippen LogP contribution in [0.15, 0.2) is 54.6 Å². The Hall–Kier alpha value is -2.90. The minimum absolute atomic E-state index is 0.0271. The molecule has 0 radical (unpaired) electrons. The van der Waals surface area contributed by atoms with Gasteiger partial charge in [-0.15, -0.1) is 0 Å². The predicted molar refractivity (Wildman–Crippen MR) is 82.6 cm³/mol. The molecule has 1 aromatic heterocycles. The molecule has 8 heteroatoms. The lowest BCUT2D eigenvalue weighted by molar-refractivity contribution is -0.141. The van der Waals surface area contributed by atoms with E-state index in [1.807, 2.05) is 0 Å². The lowest BCUT2D eigenvalue weighted by atomic mass is 9.91. The molecule has 3 rings (SSSR count). The molecule has 0 bridgehead atoms. The van der Waals surface area contributed by atoms with Crippen molar-refractivity contribution in [2.45, 2.75) is 12.4 Å². The lowest BCUT2D eigenvalue weighted by Gasteiger charge is -2.19. The van der Waals surface area contributed by atoms with Gasteiger partial charge in [-0.25, -0.2) is 4.98 Å². The first-order valence-corrected chi connectivity index (χ1v) is 7.27. The summed E-state index contributed by atoms with van der Waals surface area (Å²) in [5, 5.41) is 0.0271. The zero-order chi connectivity index (χ0) is 19.1. The molecule has 2 aromatic carbocycles. The van der Waals surface area contributed by atoms with Crippen LogP contribution in [-0.4, -0.2) is 16.9 Å². The van der Waals surface area contributed by atoms with Gasteiger partial charge in [0.1, 0.15) is 0 Å². The standard InChI is InChI=1S/C18H9F6NO/c19-17(20,21)15-14(16(26)18(22,23)24)13(10-6-2-1-3-7-10)11-8-4-5-9-12(11)25-15/h1-9H. The van der Waals surface area contributed by atoms with Crippen LogP contribution < -0.4 is 0 Å². The van der Waals surface area contributed by atoms with Gasteiger partial charge in [0.15, 0.2) is 5.69 Å². The van der Waals surface area contributed by atoms with Crippen molar-refractivity contribution in [2.24, 2.45) is 0 Å². The van der Waals surface area contributed by atoms with Crippen molar-refractivity contribution in [2.75, 3.05) is 0 Å². The van der Waals surface area contributed by atoms with Crippen LogP contribution in [0, 0.1) is 0 Å². The molecule has 0 N–H and O–H groups in total. The van der Waals surface area contributed by atoms with E-state index < -0.39 is 35.0 Å². The number of carbonyl (C=O) groups excluding carboxylic acids is 1. The number of aromatic nitrogens is 1. The molecular weight excluding hydrogens is 360 g/mol. The van der Waals surface area contributed by atoms with Gasteiger partial charge in [0, 0.05) is 10.9 Å². The van der Waals surface area contributed by atoms with E-state index >= 15 is 0 Å². The number of benzene rings is 2. The summed E-state index contributed by atoms with van der Waals surface area (Å²) < 4.78 is 79.5. The molecule has 0 aliphatic carbocycles. The first-order chi connectivity index (χ1) is 12.1. The highest BCUT2D eigenvalue weighted by Gasteiger charge is 2.47. The van der Waals surface area contributed by atoms with Crippen molar-refractivity contribution in [3.05, 3.63) is 65.9 Å². The molecule has 0 aliphatic heterocycles. The summed E-state index contributed by atoms with van der Waals surface area (Å²) in [6.07, 6.45) is -10.7. The Labute approximate surface area is 143 Å². The van der Waals surface area contributed by atoms with E-state index in [0.717, 1.165) is 0 Å². The maximum atomic E-state index is 13.4. The normalized spacial score (nSPS) is 12.4. The number of hydrogen-bond donors (Lipinski definition) is 0. The fraction of sp³-hybridized carbons (Fsp3) is 0.111. The van der Waals surface area contributed by atoms with E-state index in [-0.39, 0.29) is 16.5 Å². The smallest absolute Gasteiger partial charge is 0.284 e. The third-order valence-electron chi connectivity index (χ3n) is 3.71. The van der Waals surface area contributed by atoms with Crippen LogP contribution in [0.3, 0.4) is 0 Å². The second kappa shape index (κ2) is 6.12. The van der Waals surface area contributed by atoms with Gasteiger partial charge in [-0.3, -0.25) is 4.79 Å². The first-order valence-electron chi connectivity index (χ1n) is 7.27. The van der Waals surface area contributed by atoms with Gasteiger partial charge in [0.25, 0.3) is 5.78 Å². The Kier molecular flexibility index (Phi) is 4.21. The third kappa shape index (κ3) is 3.14. The number of halogens is 6. The van der Waals surface area contributed by atoms with Crippen molar-refractivity contribution in [1.29, 1.82) is 0 Å². The molecule has 0 aliphatic rings. The van der Waals surface area contributed by atoms with Crippen molar-refractivity contribution in [3.63, 3.8) is 0 Å². The van der Waals surface area contributed by atoms with Crippen molar-refractivity contribution < 1.29 is 31.1 Å². The Morgan fingerprint density at radius 3 is 1.96 bits per heavy atom. The summed E-state index contributed by atoms with van der Waals surface area (Å²) in [4.78, 5) is 15.2. The number of Topliss-reactive ketones (excluding diaryl/α,β-unsaturated/α-hetero) is 1. The number of carbonyl (C=O) groups is 1. The molecule has 0 fully saturated rings. The van der Waals surface area contributed by atoms with Crippen LogP contribution in [0.1, 0.15) is 16.1 Å². The summed E-state index contributed by atoms with van der Waals surface area (Å²) in [6, 6.07) is 12.6. The highest BCUT2D eigenvalue weighted by Crippen LogP contribution is 2.41. The van der Waals surface area contributed by atoms with E-state index in [0.29, 0.717) is 0 Å². The summed E-state index contributed by atoms with van der Waals surface area (Å²) in [5.41, 5.74) is -3.88. The van der Waals surface area contributed by atoms with E-state index in [4.69, 9.17) is 0 Å². The number of nitrogens with zero attached hydrogens (tertiary/aromatic N) is 1. The summed E-state index contributed by atoms with van der Waals surface area (Å²) in [5.74, 6) is -2.58. The Morgan fingerprint density at radius 2 is 1.38 bits per heavy atom. The molecule has 2 nitrogen and oxygen atoms in total. The van der Waals surface area contributed by atoms with Gasteiger partial charge in [-0.05, 0) is 11.6 Å². The van der Waals surface area contributed by atoms with Crippen molar-refractivity contribution in [3.8, 4) is 11.1 Å². The predicted octanol–water partition coefficient (Wildman–Crippen LogP) is 5.67. The van der Waals surface area contributed by atoms with Gasteiger partial charge < -0.3 is 0 Å². The zero-order valence-electron chi connectivity index (χ0n) is 12.8. The number of hydrogen-bond acceptors (Lipinski definition) is 2. The Morgan fingerprint density at radius 1 is 0.808 bits per heavy atom. The zero-order valence-corrected chi connectivity index (χ0v) is 12.8. The number of pyridine rings is 1. The second-order valence-electron chi connectivity index (χ2n) is 5.42. The Balaban J connectivity index is 2.53. The number of ketones is 1. The van der Waals surface area contributed by atoms with Crippen molar-refractivity contribution in [1.82, 2.24) is 4.98 Å². The average molecular weight is 369 g/mol. The second-order valence-corrected chi connectivity index (χ2v) is 5.42. The fourth-order valence-electron chi connectivity index (χ4n) is 2.68. The van der Waals surface area contributed by atoms with E-state index in [1.54, 1.807) is 6.07 Å². The van der Waals surface area contributed by atoms with Crippen LogP contribution >= 0.6 is 0 Å². The van der Waals surface area contributed by atoms with Gasteiger partial charge in [0.05, 0.1) is 11.1 Å². The molecule has 3 aromatic rings. The highest BCUT2D eigenvalue weighted by molar-refractivity contribution is 6.12. The van der Waals surface area contributed by atoms with Crippen LogP contribution in [0.5, 0.6) is 0 Å². The van der Waals surface area contributed by atoms with Gasteiger partial charge in [-0.2, -0.15) is 26.3 Å². The maximum Gasteiger partial charge on any atom is 0.454 e. The minimum Gasteiger partial charge on any atom is -0.284 e. The van der Waals surface area contributed by atoms with E-state index in [9.17, 15) is 31.1 Å².